The first-order chi connectivity index (χ1) is 12.8. The summed E-state index contributed by atoms with van der Waals surface area (Å²) in [5, 5.41) is 11.1. The number of amides is 1. The average Bonchev–Trinajstić information content (AvgIpc) is 3.16. The van der Waals surface area contributed by atoms with Crippen molar-refractivity contribution >= 4 is 5.91 Å². The minimum atomic E-state index is 0.0125. The van der Waals surface area contributed by atoms with Gasteiger partial charge in [0, 0.05) is 19.4 Å². The van der Waals surface area contributed by atoms with Gasteiger partial charge in [0.05, 0.1) is 12.7 Å². The van der Waals surface area contributed by atoms with Crippen LogP contribution in [0, 0.1) is 0 Å². The Morgan fingerprint density at radius 2 is 2.12 bits per heavy atom. The fraction of sp³-hybridized carbons (Fsp3) is 0.450. The minimum absolute atomic E-state index is 0.0125. The van der Waals surface area contributed by atoms with Crippen molar-refractivity contribution in [3.05, 3.63) is 41.8 Å². The van der Waals surface area contributed by atoms with Gasteiger partial charge >= 0.3 is 0 Å². The molecular weight excluding hydrogens is 330 g/mol. The Kier molecular flexibility index (Phi) is 6.41. The zero-order chi connectivity index (χ0) is 18.2. The van der Waals surface area contributed by atoms with E-state index in [9.17, 15) is 4.79 Å². The molecule has 0 unspecified atom stereocenters. The molecule has 26 heavy (non-hydrogen) atoms. The van der Waals surface area contributed by atoms with Crippen molar-refractivity contribution in [2.75, 3.05) is 13.7 Å². The van der Waals surface area contributed by atoms with E-state index in [0.717, 1.165) is 12.0 Å². The summed E-state index contributed by atoms with van der Waals surface area (Å²) < 4.78 is 11.0. The number of benzene rings is 1. The van der Waals surface area contributed by atoms with E-state index in [2.05, 4.69) is 21.6 Å². The molecule has 0 spiro atoms. The highest BCUT2D eigenvalue weighted by molar-refractivity contribution is 5.76. The molecule has 3 rings (SSSR count). The number of hydrogen-bond donors (Lipinski definition) is 1. The molecule has 0 saturated carbocycles. The van der Waals surface area contributed by atoms with E-state index in [4.69, 9.17) is 9.15 Å². The Morgan fingerprint density at radius 1 is 1.23 bits per heavy atom. The number of ether oxygens (including phenoxy) is 1. The Labute approximate surface area is 153 Å². The average molecular weight is 355 g/mol. The molecule has 6 nitrogen and oxygen atoms in total. The molecule has 2 aromatic rings. The van der Waals surface area contributed by atoms with E-state index in [0.29, 0.717) is 36.9 Å². The maximum absolute atomic E-state index is 12.0. The lowest BCUT2D eigenvalue weighted by Gasteiger charge is -2.12. The molecule has 1 aliphatic carbocycles. The normalized spacial score (nSPS) is 14.0. The number of hydrogen-bond acceptors (Lipinski definition) is 5. The molecule has 0 fully saturated rings. The number of carbonyl (C=O) groups is 1. The molecule has 0 aliphatic heterocycles. The number of nitrogens with one attached hydrogen (secondary N) is 1. The second-order valence-electron chi connectivity index (χ2n) is 6.41. The SMILES string of the molecule is COc1ccccc1-c1nnc(CCC(=O)NCCC2=CCCCC2)o1. The summed E-state index contributed by atoms with van der Waals surface area (Å²) in [6.07, 6.45) is 8.93. The molecule has 1 heterocycles. The van der Waals surface area contributed by atoms with Crippen LogP contribution in [0.25, 0.3) is 11.5 Å². The van der Waals surface area contributed by atoms with Crippen molar-refractivity contribution in [3.63, 3.8) is 0 Å². The zero-order valence-corrected chi connectivity index (χ0v) is 15.2. The second-order valence-corrected chi connectivity index (χ2v) is 6.41. The number of rotatable bonds is 8. The largest absolute Gasteiger partial charge is 0.496 e. The lowest BCUT2D eigenvalue weighted by Crippen LogP contribution is -2.25. The maximum atomic E-state index is 12.0. The maximum Gasteiger partial charge on any atom is 0.251 e. The van der Waals surface area contributed by atoms with Crippen molar-refractivity contribution < 1.29 is 13.9 Å². The summed E-state index contributed by atoms with van der Waals surface area (Å²) in [6, 6.07) is 7.47. The summed E-state index contributed by atoms with van der Waals surface area (Å²) in [5.74, 6) is 1.55. The van der Waals surface area contributed by atoms with Gasteiger partial charge in [-0.05, 0) is 44.2 Å². The summed E-state index contributed by atoms with van der Waals surface area (Å²) in [4.78, 5) is 12.0. The van der Waals surface area contributed by atoms with E-state index in [-0.39, 0.29) is 5.91 Å². The second kappa shape index (κ2) is 9.17. The van der Waals surface area contributed by atoms with Gasteiger partial charge in [0.15, 0.2) is 0 Å². The first kappa shape index (κ1) is 18.2. The van der Waals surface area contributed by atoms with Crippen LogP contribution in [0.15, 0.2) is 40.3 Å². The molecule has 0 saturated heterocycles. The van der Waals surface area contributed by atoms with Gasteiger partial charge in [0.2, 0.25) is 11.8 Å². The van der Waals surface area contributed by atoms with E-state index >= 15 is 0 Å². The lowest BCUT2D eigenvalue weighted by molar-refractivity contribution is -0.121. The standard InChI is InChI=1S/C20H25N3O3/c1-25-17-10-6-5-9-16(17)20-23-22-19(26-20)12-11-18(24)21-14-13-15-7-3-2-4-8-15/h5-7,9-10H,2-4,8,11-14H2,1H3,(H,21,24). The summed E-state index contributed by atoms with van der Waals surface area (Å²) in [7, 11) is 1.60. The van der Waals surface area contributed by atoms with Crippen molar-refractivity contribution in [2.45, 2.75) is 44.9 Å². The molecule has 0 radical (unpaired) electrons. The molecule has 6 heteroatoms. The highest BCUT2D eigenvalue weighted by Gasteiger charge is 2.14. The highest BCUT2D eigenvalue weighted by Crippen LogP contribution is 2.28. The van der Waals surface area contributed by atoms with Crippen LogP contribution in [0.1, 0.15) is 44.4 Å². The van der Waals surface area contributed by atoms with Crippen molar-refractivity contribution in [1.29, 1.82) is 0 Å². The molecule has 1 amide bonds. The summed E-state index contributed by atoms with van der Waals surface area (Å²) in [5.41, 5.74) is 2.22. The van der Waals surface area contributed by atoms with Crippen LogP contribution >= 0.6 is 0 Å². The Balaban J connectivity index is 1.45. The van der Waals surface area contributed by atoms with Crippen LogP contribution in [-0.4, -0.2) is 29.8 Å². The van der Waals surface area contributed by atoms with Gasteiger partial charge < -0.3 is 14.5 Å². The van der Waals surface area contributed by atoms with Crippen molar-refractivity contribution in [1.82, 2.24) is 15.5 Å². The molecule has 1 aromatic carbocycles. The van der Waals surface area contributed by atoms with Crippen LogP contribution in [0.4, 0.5) is 0 Å². The Hall–Kier alpha value is -2.63. The van der Waals surface area contributed by atoms with Gasteiger partial charge in [0.25, 0.3) is 5.89 Å². The summed E-state index contributed by atoms with van der Waals surface area (Å²) >= 11 is 0. The first-order valence-corrected chi connectivity index (χ1v) is 9.16. The monoisotopic (exact) mass is 355 g/mol. The first-order valence-electron chi connectivity index (χ1n) is 9.16. The summed E-state index contributed by atoms with van der Waals surface area (Å²) in [6.45, 7) is 0.695. The Morgan fingerprint density at radius 3 is 2.92 bits per heavy atom. The predicted octanol–water partition coefficient (Wildman–Crippen LogP) is 3.68. The van der Waals surface area contributed by atoms with Gasteiger partial charge in [-0.3, -0.25) is 4.79 Å². The van der Waals surface area contributed by atoms with Crippen LogP contribution in [0.2, 0.25) is 0 Å². The third kappa shape index (κ3) is 4.94. The van der Waals surface area contributed by atoms with Crippen LogP contribution < -0.4 is 10.1 Å². The Bertz CT molecular complexity index is 767. The smallest absolute Gasteiger partial charge is 0.251 e. The van der Waals surface area contributed by atoms with Crippen LogP contribution in [0.5, 0.6) is 5.75 Å². The van der Waals surface area contributed by atoms with Gasteiger partial charge in [-0.15, -0.1) is 10.2 Å². The van der Waals surface area contributed by atoms with Gasteiger partial charge in [-0.1, -0.05) is 23.8 Å². The van der Waals surface area contributed by atoms with Crippen LogP contribution in [0.3, 0.4) is 0 Å². The quantitative estimate of drug-likeness (QED) is 0.731. The molecule has 0 bridgehead atoms. The highest BCUT2D eigenvalue weighted by atomic mass is 16.5. The third-order valence-corrected chi connectivity index (χ3v) is 4.52. The molecular formula is C20H25N3O3. The van der Waals surface area contributed by atoms with Crippen molar-refractivity contribution in [2.24, 2.45) is 0 Å². The van der Waals surface area contributed by atoms with Gasteiger partial charge in [-0.25, -0.2) is 0 Å². The van der Waals surface area contributed by atoms with E-state index in [1.54, 1.807) is 7.11 Å². The number of allylic oxidation sites excluding steroid dienone is 1. The molecule has 138 valence electrons. The van der Waals surface area contributed by atoms with E-state index in [1.807, 2.05) is 24.3 Å². The number of methoxy groups -OCH3 is 1. The fourth-order valence-corrected chi connectivity index (χ4v) is 3.09. The fourth-order valence-electron chi connectivity index (χ4n) is 3.09. The number of nitrogens with zero attached hydrogens (tertiary/aromatic N) is 2. The van der Waals surface area contributed by atoms with E-state index < -0.39 is 0 Å². The molecule has 1 N–H and O–H groups in total. The number of carbonyl (C=O) groups excluding carboxylic acids is 1. The van der Waals surface area contributed by atoms with E-state index in [1.165, 1.54) is 31.3 Å². The zero-order valence-electron chi connectivity index (χ0n) is 15.2. The van der Waals surface area contributed by atoms with Crippen molar-refractivity contribution in [3.8, 4) is 17.2 Å². The topological polar surface area (TPSA) is 77.2 Å². The predicted molar refractivity (Wildman–Crippen MR) is 98.8 cm³/mol. The van der Waals surface area contributed by atoms with Gasteiger partial charge in [-0.2, -0.15) is 0 Å². The lowest BCUT2D eigenvalue weighted by atomic mass is 9.97. The molecule has 0 atom stereocenters. The van der Waals surface area contributed by atoms with Crippen LogP contribution in [-0.2, 0) is 11.2 Å². The molecule has 1 aliphatic rings. The number of aryl methyl sites for hydroxylation is 1. The third-order valence-electron chi connectivity index (χ3n) is 4.52. The van der Waals surface area contributed by atoms with Gasteiger partial charge in [0.1, 0.15) is 5.75 Å². The molecule has 1 aromatic heterocycles. The number of para-hydroxylation sites is 1. The number of aromatic nitrogens is 2. The minimum Gasteiger partial charge on any atom is -0.496 e.